The molecular formula is C42H70N4. The van der Waals surface area contributed by atoms with Gasteiger partial charge in [-0.25, -0.2) is 0 Å². The molecule has 1 aromatic rings. The molecule has 4 aliphatic heterocycles. The summed E-state index contributed by atoms with van der Waals surface area (Å²) in [6.07, 6.45) is 12.5. The number of hydrogen-bond donors (Lipinski definition) is 0. The fraction of sp³-hybridized carbons (Fsp3) is 0.667. The number of hydrogen-bond acceptors (Lipinski definition) is 4. The number of para-hydroxylation sites is 1. The first-order chi connectivity index (χ1) is 22.2. The first-order valence-corrected chi connectivity index (χ1v) is 18.9. The first-order valence-electron chi connectivity index (χ1n) is 18.9. The lowest BCUT2D eigenvalue weighted by Crippen LogP contribution is -2.37. The molecule has 1 aliphatic carbocycles. The Morgan fingerprint density at radius 3 is 2.11 bits per heavy atom. The summed E-state index contributed by atoms with van der Waals surface area (Å²) in [5.74, 6) is 1.44. The van der Waals surface area contributed by atoms with Gasteiger partial charge in [0.25, 0.3) is 0 Å². The highest BCUT2D eigenvalue weighted by Gasteiger charge is 2.42. The number of likely N-dealkylation sites (tertiary alicyclic amines) is 2. The quantitative estimate of drug-likeness (QED) is 0.268. The number of rotatable bonds is 8. The van der Waals surface area contributed by atoms with Crippen LogP contribution in [0.3, 0.4) is 0 Å². The Balaban J connectivity index is 0.000000342. The van der Waals surface area contributed by atoms with Crippen molar-refractivity contribution < 1.29 is 0 Å². The molecule has 0 aromatic heterocycles. The summed E-state index contributed by atoms with van der Waals surface area (Å²) in [7, 11) is 0. The van der Waals surface area contributed by atoms with E-state index < -0.39 is 0 Å². The molecular weight excluding hydrogens is 560 g/mol. The van der Waals surface area contributed by atoms with Gasteiger partial charge in [0, 0.05) is 61.1 Å². The van der Waals surface area contributed by atoms with Crippen LogP contribution >= 0.6 is 0 Å². The van der Waals surface area contributed by atoms with Crippen molar-refractivity contribution in [1.82, 2.24) is 9.80 Å². The third-order valence-electron chi connectivity index (χ3n) is 9.19. The van der Waals surface area contributed by atoms with Crippen molar-refractivity contribution in [2.24, 2.45) is 21.8 Å². The van der Waals surface area contributed by atoms with Crippen LogP contribution in [-0.4, -0.2) is 54.3 Å². The van der Waals surface area contributed by atoms with Crippen molar-refractivity contribution in [2.45, 2.75) is 139 Å². The molecule has 4 heterocycles. The van der Waals surface area contributed by atoms with E-state index in [-0.39, 0.29) is 0 Å². The predicted octanol–water partition coefficient (Wildman–Crippen LogP) is 10.00. The molecule has 1 aromatic carbocycles. The largest absolute Gasteiger partial charge is 0.371 e. The zero-order chi connectivity index (χ0) is 34.2. The molecule has 0 bridgehead atoms. The maximum Gasteiger partial charge on any atom is 0.0742 e. The van der Waals surface area contributed by atoms with Crippen LogP contribution in [0.4, 0.5) is 0 Å². The molecule has 46 heavy (non-hydrogen) atoms. The van der Waals surface area contributed by atoms with Crippen LogP contribution in [0.25, 0.3) is 11.3 Å². The SMILES string of the molecule is C=C(C)CC1=NC(C)=C(C)C1.C=C(c1cccc2c1=NC1CC1C=2C[C@@H](C)CN1CCCCC1)N1CCCC1.CC.CC.CCC. The maximum atomic E-state index is 5.17. The Morgan fingerprint density at radius 1 is 0.935 bits per heavy atom. The van der Waals surface area contributed by atoms with Crippen molar-refractivity contribution in [3.8, 4) is 0 Å². The Hall–Kier alpha value is -2.46. The van der Waals surface area contributed by atoms with Gasteiger partial charge in [0.15, 0.2) is 0 Å². The molecule has 3 atom stereocenters. The molecule has 258 valence electrons. The van der Waals surface area contributed by atoms with E-state index in [0.717, 1.165) is 31.8 Å². The molecule has 6 rings (SSSR count). The molecule has 0 radical (unpaired) electrons. The molecule has 4 heteroatoms. The van der Waals surface area contributed by atoms with Crippen molar-refractivity contribution in [3.05, 3.63) is 64.3 Å². The molecule has 1 saturated carbocycles. The smallest absolute Gasteiger partial charge is 0.0742 e. The van der Waals surface area contributed by atoms with Gasteiger partial charge in [-0.2, -0.15) is 0 Å². The molecule has 2 saturated heterocycles. The van der Waals surface area contributed by atoms with E-state index in [2.05, 4.69) is 80.8 Å². The van der Waals surface area contributed by atoms with Crippen LogP contribution < -0.4 is 10.6 Å². The summed E-state index contributed by atoms with van der Waals surface area (Å²) in [5.41, 5.74) is 9.24. The van der Waals surface area contributed by atoms with Gasteiger partial charge in [-0.3, -0.25) is 9.98 Å². The Morgan fingerprint density at radius 2 is 1.54 bits per heavy atom. The third kappa shape index (κ3) is 11.7. The standard InChI is InChI=1S/C25H35N3.C10H15N.C3H8.2C2H6/c1-18(17-27-11-4-3-5-12-27)15-22-21-10-8-9-20(19(2)28-13-6-7-14-28)25(21)26-24-16-23(22)24;1-7(2)5-10-6-8(3)9(4)11-10;1-3-2;2*1-2/h8-10,18,23-24H,2-7,11-17H2,1H3;1,5-6H2,2-4H3;3H2,1-2H3;2*1-2H3/t18-,23?,24?;;;;/m1..../s1. The van der Waals surface area contributed by atoms with E-state index in [4.69, 9.17) is 4.99 Å². The van der Waals surface area contributed by atoms with Crippen LogP contribution in [0.1, 0.15) is 139 Å². The Bertz CT molecular complexity index is 1280. The first kappa shape index (κ1) is 39.7. The minimum absolute atomic E-state index is 0.539. The van der Waals surface area contributed by atoms with Crippen molar-refractivity contribution >= 4 is 17.0 Å². The van der Waals surface area contributed by atoms with Crippen molar-refractivity contribution in [2.75, 3.05) is 32.7 Å². The van der Waals surface area contributed by atoms with Crippen molar-refractivity contribution in [1.29, 1.82) is 0 Å². The molecule has 4 nitrogen and oxygen atoms in total. The van der Waals surface area contributed by atoms with E-state index in [1.807, 2.05) is 34.6 Å². The maximum absolute atomic E-state index is 5.17. The molecule has 5 aliphatic rings. The van der Waals surface area contributed by atoms with Gasteiger partial charge in [-0.1, -0.05) is 104 Å². The molecule has 0 amide bonds. The Labute approximate surface area is 284 Å². The summed E-state index contributed by atoms with van der Waals surface area (Å²) < 4.78 is 0. The van der Waals surface area contributed by atoms with E-state index in [1.54, 1.807) is 5.57 Å². The summed E-state index contributed by atoms with van der Waals surface area (Å²) in [6.45, 7) is 35.5. The fourth-order valence-electron chi connectivity index (χ4n) is 6.94. The lowest BCUT2D eigenvalue weighted by Gasteiger charge is -2.29. The van der Waals surface area contributed by atoms with Crippen LogP contribution in [0, 0.1) is 11.8 Å². The van der Waals surface area contributed by atoms with Gasteiger partial charge in [0.1, 0.15) is 0 Å². The van der Waals surface area contributed by atoms with Crippen LogP contribution in [0.2, 0.25) is 0 Å². The topological polar surface area (TPSA) is 31.2 Å². The number of fused-ring (bicyclic) bond motifs is 2. The second kappa shape index (κ2) is 20.7. The van der Waals surface area contributed by atoms with Crippen molar-refractivity contribution in [3.63, 3.8) is 0 Å². The number of piperidine rings is 1. The molecule has 2 unspecified atom stereocenters. The van der Waals surface area contributed by atoms with E-state index in [1.165, 1.54) is 115 Å². The lowest BCUT2D eigenvalue weighted by atomic mass is 9.92. The minimum atomic E-state index is 0.539. The monoisotopic (exact) mass is 631 g/mol. The summed E-state index contributed by atoms with van der Waals surface area (Å²) in [4.78, 5) is 14.8. The highest BCUT2D eigenvalue weighted by molar-refractivity contribution is 5.91. The van der Waals surface area contributed by atoms with Gasteiger partial charge >= 0.3 is 0 Å². The molecule has 3 fully saturated rings. The van der Waals surface area contributed by atoms with Crippen LogP contribution in [0.15, 0.2) is 58.2 Å². The van der Waals surface area contributed by atoms with E-state index in [0.29, 0.717) is 12.0 Å². The highest BCUT2D eigenvalue weighted by Crippen LogP contribution is 2.44. The molecule has 0 N–H and O–H groups in total. The predicted molar refractivity (Wildman–Crippen MR) is 205 cm³/mol. The Kier molecular flexibility index (Phi) is 17.9. The summed E-state index contributed by atoms with van der Waals surface area (Å²) in [6, 6.07) is 7.36. The summed E-state index contributed by atoms with van der Waals surface area (Å²) in [5, 5.41) is 2.68. The fourth-order valence-corrected chi connectivity index (χ4v) is 6.94. The van der Waals surface area contributed by atoms with Gasteiger partial charge in [-0.15, -0.1) is 0 Å². The number of allylic oxidation sites excluding steroid dienone is 3. The average molecular weight is 631 g/mol. The van der Waals surface area contributed by atoms with Gasteiger partial charge in [0.2, 0.25) is 0 Å². The van der Waals surface area contributed by atoms with Crippen LogP contribution in [-0.2, 0) is 0 Å². The molecule has 0 spiro atoms. The highest BCUT2D eigenvalue weighted by atomic mass is 15.1. The van der Waals surface area contributed by atoms with Gasteiger partial charge < -0.3 is 9.80 Å². The number of benzene rings is 1. The normalized spacial score (nSPS) is 21.7. The minimum Gasteiger partial charge on any atom is -0.371 e. The van der Waals surface area contributed by atoms with E-state index in [9.17, 15) is 0 Å². The van der Waals surface area contributed by atoms with Crippen LogP contribution in [0.5, 0.6) is 0 Å². The lowest BCUT2D eigenvalue weighted by molar-refractivity contribution is 0.201. The van der Waals surface area contributed by atoms with E-state index >= 15 is 0 Å². The zero-order valence-corrected chi connectivity index (χ0v) is 31.8. The number of nitrogens with zero attached hydrogens (tertiary/aromatic N) is 4. The number of aliphatic imine (C=N–C) groups is 1. The second-order valence-electron chi connectivity index (χ2n) is 13.6. The summed E-state index contributed by atoms with van der Waals surface area (Å²) >= 11 is 0. The zero-order valence-electron chi connectivity index (χ0n) is 31.8. The van der Waals surface area contributed by atoms with Gasteiger partial charge in [0.05, 0.1) is 11.4 Å². The second-order valence-corrected chi connectivity index (χ2v) is 13.6. The third-order valence-corrected chi connectivity index (χ3v) is 9.19. The average Bonchev–Trinajstić information content (AvgIpc) is 3.47. The van der Waals surface area contributed by atoms with Gasteiger partial charge in [-0.05, 0) is 89.1 Å².